The van der Waals surface area contributed by atoms with E-state index in [0.717, 1.165) is 0 Å². The van der Waals surface area contributed by atoms with Crippen LogP contribution in [0.2, 0.25) is 0 Å². The van der Waals surface area contributed by atoms with Gasteiger partial charge in [0, 0.05) is 12.1 Å². The first-order valence-corrected chi connectivity index (χ1v) is 6.29. The lowest BCUT2D eigenvalue weighted by molar-refractivity contribution is -0.384. The number of nitro groups is 1. The summed E-state index contributed by atoms with van der Waals surface area (Å²) in [6.45, 7) is 1.68. The van der Waals surface area contributed by atoms with Crippen molar-refractivity contribution in [2.45, 2.75) is 13.0 Å². The van der Waals surface area contributed by atoms with Gasteiger partial charge in [-0.15, -0.1) is 0 Å². The van der Waals surface area contributed by atoms with Gasteiger partial charge in [0.05, 0.1) is 16.5 Å². The van der Waals surface area contributed by atoms with E-state index in [4.69, 9.17) is 0 Å². The summed E-state index contributed by atoms with van der Waals surface area (Å²) in [4.78, 5) is 22.2. The second-order valence-electron chi connectivity index (χ2n) is 4.53. The summed E-state index contributed by atoms with van der Waals surface area (Å²) >= 11 is 0. The number of rotatable bonds is 4. The molecule has 0 spiro atoms. The molecule has 1 N–H and O–H groups in total. The third kappa shape index (κ3) is 3.42. The van der Waals surface area contributed by atoms with E-state index in [1.54, 1.807) is 25.1 Å². The molecule has 0 saturated carbocycles. The van der Waals surface area contributed by atoms with Crippen LogP contribution in [-0.2, 0) is 0 Å². The minimum Gasteiger partial charge on any atom is -0.345 e. The highest BCUT2D eigenvalue weighted by atomic mass is 19.1. The lowest BCUT2D eigenvalue weighted by atomic mass is 10.1. The monoisotopic (exact) mass is 288 g/mol. The summed E-state index contributed by atoms with van der Waals surface area (Å²) < 4.78 is 13.5. The number of hydrogen-bond acceptors (Lipinski definition) is 3. The van der Waals surface area contributed by atoms with Crippen molar-refractivity contribution < 1.29 is 14.1 Å². The van der Waals surface area contributed by atoms with E-state index in [1.165, 1.54) is 30.3 Å². The van der Waals surface area contributed by atoms with E-state index >= 15 is 0 Å². The fourth-order valence-corrected chi connectivity index (χ4v) is 1.91. The lowest BCUT2D eigenvalue weighted by Crippen LogP contribution is -2.27. The maximum absolute atomic E-state index is 13.5. The second kappa shape index (κ2) is 6.13. The molecule has 0 aliphatic rings. The topological polar surface area (TPSA) is 72.2 Å². The van der Waals surface area contributed by atoms with Crippen LogP contribution in [-0.4, -0.2) is 10.8 Å². The molecule has 0 fully saturated rings. The summed E-state index contributed by atoms with van der Waals surface area (Å²) in [5.41, 5.74) is 0.461. The molecule has 2 aromatic rings. The highest BCUT2D eigenvalue weighted by molar-refractivity contribution is 5.94. The van der Waals surface area contributed by atoms with Crippen LogP contribution in [0.3, 0.4) is 0 Å². The number of benzene rings is 2. The number of nitro benzene ring substituents is 1. The highest BCUT2D eigenvalue weighted by Crippen LogP contribution is 2.19. The summed E-state index contributed by atoms with van der Waals surface area (Å²) in [7, 11) is 0. The number of non-ortho nitro benzene ring substituents is 1. The first-order valence-electron chi connectivity index (χ1n) is 6.29. The number of nitrogens with one attached hydrogen (secondary N) is 1. The Kier molecular flexibility index (Phi) is 4.27. The van der Waals surface area contributed by atoms with Crippen molar-refractivity contribution in [2.75, 3.05) is 0 Å². The Balaban J connectivity index is 2.16. The van der Waals surface area contributed by atoms with E-state index in [0.29, 0.717) is 5.56 Å². The zero-order valence-electron chi connectivity index (χ0n) is 11.2. The zero-order valence-corrected chi connectivity index (χ0v) is 11.2. The van der Waals surface area contributed by atoms with E-state index in [-0.39, 0.29) is 11.3 Å². The Labute approximate surface area is 120 Å². The second-order valence-corrected chi connectivity index (χ2v) is 4.53. The largest absolute Gasteiger partial charge is 0.345 e. The smallest absolute Gasteiger partial charge is 0.269 e. The van der Waals surface area contributed by atoms with Crippen molar-refractivity contribution in [3.63, 3.8) is 0 Å². The van der Waals surface area contributed by atoms with Crippen LogP contribution < -0.4 is 5.32 Å². The maximum atomic E-state index is 13.5. The van der Waals surface area contributed by atoms with Gasteiger partial charge < -0.3 is 5.32 Å². The molecule has 0 bridgehead atoms. The molecule has 2 aromatic carbocycles. The van der Waals surface area contributed by atoms with Crippen LogP contribution in [0.4, 0.5) is 10.1 Å². The van der Waals surface area contributed by atoms with Crippen LogP contribution in [0.25, 0.3) is 0 Å². The molecule has 0 heterocycles. The molecule has 1 atom stereocenters. The summed E-state index contributed by atoms with van der Waals surface area (Å²) in [5.74, 6) is -1.17. The molecule has 0 saturated heterocycles. The van der Waals surface area contributed by atoms with Gasteiger partial charge in [-0.05, 0) is 24.6 Å². The zero-order chi connectivity index (χ0) is 15.4. The van der Waals surface area contributed by atoms with Crippen molar-refractivity contribution in [3.05, 3.63) is 75.6 Å². The number of halogens is 1. The Morgan fingerprint density at radius 3 is 2.62 bits per heavy atom. The van der Waals surface area contributed by atoms with Crippen LogP contribution in [0.15, 0.2) is 48.5 Å². The van der Waals surface area contributed by atoms with Crippen molar-refractivity contribution in [3.8, 4) is 0 Å². The van der Waals surface area contributed by atoms with Gasteiger partial charge in [-0.2, -0.15) is 0 Å². The van der Waals surface area contributed by atoms with E-state index in [9.17, 15) is 19.3 Å². The Morgan fingerprint density at radius 1 is 1.24 bits per heavy atom. The molecular weight excluding hydrogens is 275 g/mol. The van der Waals surface area contributed by atoms with Crippen molar-refractivity contribution in [1.29, 1.82) is 0 Å². The average molecular weight is 288 g/mol. The molecule has 0 aromatic heterocycles. The van der Waals surface area contributed by atoms with E-state index in [1.807, 2.05) is 0 Å². The molecular formula is C15H13FN2O3. The first kappa shape index (κ1) is 14.6. The molecule has 21 heavy (non-hydrogen) atoms. The fourth-order valence-electron chi connectivity index (χ4n) is 1.91. The highest BCUT2D eigenvalue weighted by Gasteiger charge is 2.16. The fraction of sp³-hybridized carbons (Fsp3) is 0.133. The van der Waals surface area contributed by atoms with Crippen LogP contribution >= 0.6 is 0 Å². The summed E-state index contributed by atoms with van der Waals surface area (Å²) in [5, 5.41) is 13.4. The third-order valence-electron chi connectivity index (χ3n) is 3.05. The average Bonchev–Trinajstić information content (AvgIpc) is 2.47. The molecule has 1 amide bonds. The molecule has 108 valence electrons. The van der Waals surface area contributed by atoms with Gasteiger partial charge in [-0.1, -0.05) is 24.3 Å². The third-order valence-corrected chi connectivity index (χ3v) is 3.05. The quantitative estimate of drug-likeness (QED) is 0.693. The number of carbonyl (C=O) groups is 1. The van der Waals surface area contributed by atoms with Crippen molar-refractivity contribution in [2.24, 2.45) is 0 Å². The maximum Gasteiger partial charge on any atom is 0.269 e. The number of amides is 1. The minimum absolute atomic E-state index is 0.0560. The Bertz CT molecular complexity index is 688. The summed E-state index contributed by atoms with van der Waals surface area (Å²) in [6, 6.07) is 11.1. The minimum atomic E-state index is -0.610. The molecule has 6 heteroatoms. The van der Waals surface area contributed by atoms with Gasteiger partial charge >= 0.3 is 0 Å². The number of carbonyl (C=O) groups excluding carboxylic acids is 1. The SMILES string of the molecule is CC(NC(=O)c1ccccc1F)c1cccc([N+](=O)[O-])c1. The van der Waals surface area contributed by atoms with Crippen molar-refractivity contribution >= 4 is 11.6 Å². The first-order chi connectivity index (χ1) is 9.99. The van der Waals surface area contributed by atoms with Gasteiger partial charge in [0.1, 0.15) is 5.82 Å². The summed E-state index contributed by atoms with van der Waals surface area (Å²) in [6.07, 6.45) is 0. The van der Waals surface area contributed by atoms with Crippen LogP contribution in [0.1, 0.15) is 28.9 Å². The predicted molar refractivity (Wildman–Crippen MR) is 75.4 cm³/mol. The van der Waals surface area contributed by atoms with E-state index < -0.39 is 22.7 Å². The molecule has 1 unspecified atom stereocenters. The standard InChI is InChI=1S/C15H13FN2O3/c1-10(11-5-4-6-12(9-11)18(20)21)17-15(19)13-7-2-3-8-14(13)16/h2-10H,1H3,(H,17,19). The Hall–Kier alpha value is -2.76. The normalized spacial score (nSPS) is 11.7. The molecule has 0 aliphatic heterocycles. The number of hydrogen-bond donors (Lipinski definition) is 1. The molecule has 2 rings (SSSR count). The van der Waals surface area contributed by atoms with Gasteiger partial charge in [-0.25, -0.2) is 4.39 Å². The van der Waals surface area contributed by atoms with Crippen LogP contribution in [0, 0.1) is 15.9 Å². The van der Waals surface area contributed by atoms with Gasteiger partial charge in [0.15, 0.2) is 0 Å². The molecule has 5 nitrogen and oxygen atoms in total. The van der Waals surface area contributed by atoms with Crippen LogP contribution in [0.5, 0.6) is 0 Å². The molecule has 0 aliphatic carbocycles. The lowest BCUT2D eigenvalue weighted by Gasteiger charge is -2.14. The van der Waals surface area contributed by atoms with Crippen molar-refractivity contribution in [1.82, 2.24) is 5.32 Å². The Morgan fingerprint density at radius 2 is 1.95 bits per heavy atom. The predicted octanol–water partition coefficient (Wildman–Crippen LogP) is 3.22. The number of nitrogens with zero attached hydrogens (tertiary/aromatic N) is 1. The van der Waals surface area contributed by atoms with E-state index in [2.05, 4.69) is 5.32 Å². The van der Waals surface area contributed by atoms with Gasteiger partial charge in [0.2, 0.25) is 0 Å². The van der Waals surface area contributed by atoms with Gasteiger partial charge in [-0.3, -0.25) is 14.9 Å². The molecule has 0 radical (unpaired) electrons. The van der Waals surface area contributed by atoms with Gasteiger partial charge in [0.25, 0.3) is 11.6 Å².